The number of rotatable bonds is 4. The first-order chi connectivity index (χ1) is 10.7. The van der Waals surface area contributed by atoms with Gasteiger partial charge in [0.1, 0.15) is 0 Å². The lowest BCUT2D eigenvalue weighted by atomic mass is 9.82. The van der Waals surface area contributed by atoms with E-state index < -0.39 is 11.2 Å². The van der Waals surface area contributed by atoms with Crippen LogP contribution in [0.5, 0.6) is 0 Å². The van der Waals surface area contributed by atoms with Gasteiger partial charge in [-0.15, -0.1) is 11.3 Å². The number of halogens is 1. The van der Waals surface area contributed by atoms with Crippen molar-refractivity contribution < 1.29 is 9.76 Å². The number of fused-ring (bicyclic) bond motifs is 3. The summed E-state index contributed by atoms with van der Waals surface area (Å²) in [6.07, 6.45) is 0. The molecule has 2 aromatic carbocycles. The molecule has 0 unspecified atom stereocenters. The minimum absolute atomic E-state index is 0.442. The Morgan fingerprint density at radius 2 is 1.78 bits per heavy atom. The van der Waals surface area contributed by atoms with Crippen molar-refractivity contribution in [3.8, 4) is 0 Å². The van der Waals surface area contributed by atoms with E-state index in [0.29, 0.717) is 7.48 Å². The average Bonchev–Trinajstić information content (AvgIpc) is 2.85. The predicted octanol–water partition coefficient (Wildman–Crippen LogP) is 4.25. The van der Waals surface area contributed by atoms with Crippen molar-refractivity contribution in [3.63, 3.8) is 0 Å². The van der Waals surface area contributed by atoms with Crippen LogP contribution in [0.15, 0.2) is 36.4 Å². The van der Waals surface area contributed by atoms with Gasteiger partial charge >= 0.3 is 7.48 Å². The van der Waals surface area contributed by atoms with E-state index in [9.17, 15) is 5.11 Å². The van der Waals surface area contributed by atoms with Gasteiger partial charge in [-0.3, -0.25) is 0 Å². The molecule has 0 aliphatic heterocycles. The van der Waals surface area contributed by atoms with Gasteiger partial charge in [-0.25, -0.2) is 0 Å². The van der Waals surface area contributed by atoms with Gasteiger partial charge in [-0.05, 0) is 45.3 Å². The lowest BCUT2D eigenvalue weighted by Gasteiger charge is -2.37. The zero-order valence-corrected chi connectivity index (χ0v) is 15.4. The Hall–Kier alpha value is -1.07. The Bertz CT molecular complexity index is 864. The van der Waals surface area contributed by atoms with Gasteiger partial charge in [-0.2, -0.15) is 0 Å². The monoisotopic (exact) mass is 346 g/mol. The molecule has 0 saturated carbocycles. The highest BCUT2D eigenvalue weighted by Gasteiger charge is 2.35. The zero-order valence-electron chi connectivity index (χ0n) is 13.8. The number of hydrogen-bond acceptors (Lipinski definition) is 3. The fourth-order valence-electron chi connectivity index (χ4n) is 2.39. The van der Waals surface area contributed by atoms with Crippen LogP contribution in [0.1, 0.15) is 27.7 Å². The van der Waals surface area contributed by atoms with Gasteiger partial charge in [0.05, 0.1) is 11.2 Å². The molecule has 0 aliphatic carbocycles. The van der Waals surface area contributed by atoms with Gasteiger partial charge < -0.3 is 9.76 Å². The minimum atomic E-state index is -0.918. The predicted molar refractivity (Wildman–Crippen MR) is 103 cm³/mol. The number of hydrogen-bond donors (Lipinski definition) is 1. The molecule has 2 nitrogen and oxygen atoms in total. The Balaban J connectivity index is 2.04. The maximum atomic E-state index is 10.3. The fourth-order valence-corrected chi connectivity index (χ4v) is 3.93. The lowest BCUT2D eigenvalue weighted by Crippen LogP contribution is -2.49. The van der Waals surface area contributed by atoms with Crippen molar-refractivity contribution in [2.24, 2.45) is 0 Å². The van der Waals surface area contributed by atoms with Crippen LogP contribution in [0.4, 0.5) is 0 Å². The number of aliphatic hydroxyl groups is 1. The van der Waals surface area contributed by atoms with Gasteiger partial charge in [-0.1, -0.05) is 35.9 Å². The Morgan fingerprint density at radius 3 is 2.48 bits per heavy atom. The number of thiophene rings is 1. The summed E-state index contributed by atoms with van der Waals surface area (Å²) in [5.74, 6) is 0. The molecule has 5 heteroatoms. The first-order valence-corrected chi connectivity index (χ1v) is 8.85. The van der Waals surface area contributed by atoms with E-state index in [1.165, 1.54) is 10.1 Å². The quantitative estimate of drug-likeness (QED) is 0.716. The smallest absolute Gasteiger partial charge is 0.310 e. The topological polar surface area (TPSA) is 29.5 Å². The first-order valence-electron chi connectivity index (χ1n) is 7.66. The van der Waals surface area contributed by atoms with E-state index in [4.69, 9.17) is 16.3 Å². The SMILES string of the molecule is CC(C)(O)C(C)(C)OBc1ccc(Cl)c2c1sc1ccccc12. The van der Waals surface area contributed by atoms with Crippen molar-refractivity contribution in [2.75, 3.05) is 0 Å². The third kappa shape index (κ3) is 3.01. The third-order valence-electron chi connectivity index (χ3n) is 4.62. The van der Waals surface area contributed by atoms with E-state index in [0.717, 1.165) is 20.6 Å². The van der Waals surface area contributed by atoms with E-state index >= 15 is 0 Å². The lowest BCUT2D eigenvalue weighted by molar-refractivity contribution is -0.0893. The Labute approximate surface area is 146 Å². The molecule has 23 heavy (non-hydrogen) atoms. The summed E-state index contributed by atoms with van der Waals surface area (Å²) in [7, 11) is 0.442. The zero-order chi connectivity index (χ0) is 16.8. The molecular weight excluding hydrogens is 327 g/mol. The molecule has 0 fully saturated rings. The van der Waals surface area contributed by atoms with Crippen molar-refractivity contribution in [1.29, 1.82) is 0 Å². The van der Waals surface area contributed by atoms with E-state index in [1.807, 2.05) is 38.1 Å². The second-order valence-corrected chi connectivity index (χ2v) is 8.33. The molecule has 0 bridgehead atoms. The molecule has 0 aliphatic rings. The fraction of sp³-hybridized carbons (Fsp3) is 0.333. The maximum Gasteiger partial charge on any atom is 0.310 e. The molecule has 120 valence electrons. The highest BCUT2D eigenvalue weighted by Crippen LogP contribution is 2.37. The van der Waals surface area contributed by atoms with Crippen molar-refractivity contribution >= 4 is 56.1 Å². The van der Waals surface area contributed by atoms with E-state index in [-0.39, 0.29) is 0 Å². The summed E-state index contributed by atoms with van der Waals surface area (Å²) in [6.45, 7) is 7.35. The Kier molecular flexibility index (Phi) is 4.22. The Morgan fingerprint density at radius 1 is 1.09 bits per heavy atom. The van der Waals surface area contributed by atoms with Crippen LogP contribution in [-0.4, -0.2) is 23.8 Å². The summed E-state index contributed by atoms with van der Waals surface area (Å²) in [5, 5.41) is 13.3. The minimum Gasteiger partial charge on any atom is -0.427 e. The third-order valence-corrected chi connectivity index (χ3v) is 6.18. The molecule has 1 heterocycles. The van der Waals surface area contributed by atoms with Crippen LogP contribution in [-0.2, 0) is 4.65 Å². The summed E-state index contributed by atoms with van der Waals surface area (Å²) >= 11 is 8.17. The highest BCUT2D eigenvalue weighted by molar-refractivity contribution is 7.27. The summed E-state index contributed by atoms with van der Waals surface area (Å²) in [5.41, 5.74) is -0.461. The summed E-state index contributed by atoms with van der Waals surface area (Å²) in [6, 6.07) is 12.2. The molecule has 0 atom stereocenters. The van der Waals surface area contributed by atoms with Crippen LogP contribution in [0.25, 0.3) is 20.2 Å². The van der Waals surface area contributed by atoms with Gasteiger partial charge in [0, 0.05) is 25.2 Å². The molecule has 0 amide bonds. The van der Waals surface area contributed by atoms with Crippen LogP contribution in [0, 0.1) is 0 Å². The summed E-state index contributed by atoms with van der Waals surface area (Å²) in [4.78, 5) is 0. The second kappa shape index (κ2) is 5.78. The van der Waals surface area contributed by atoms with Crippen LogP contribution >= 0.6 is 22.9 Å². The van der Waals surface area contributed by atoms with Crippen LogP contribution in [0.2, 0.25) is 5.02 Å². The molecule has 1 aromatic heterocycles. The normalized spacial score (nSPS) is 13.0. The van der Waals surface area contributed by atoms with E-state index in [2.05, 4.69) is 12.1 Å². The molecular formula is C18H20BClO2S. The molecule has 1 N–H and O–H groups in total. The second-order valence-electron chi connectivity index (χ2n) is 6.87. The standard InChI is InChI=1S/C18H20BClO2S/c1-17(2,21)18(3,4)22-19-12-9-10-13(20)15-11-7-5-6-8-14(11)23-16(12)15/h5-10,19,21H,1-4H3. The number of benzene rings is 2. The molecule has 0 radical (unpaired) electrons. The molecule has 3 rings (SSSR count). The van der Waals surface area contributed by atoms with Crippen LogP contribution in [0.3, 0.4) is 0 Å². The molecule has 3 aromatic rings. The van der Waals surface area contributed by atoms with E-state index in [1.54, 1.807) is 25.2 Å². The van der Waals surface area contributed by atoms with Crippen molar-refractivity contribution in [1.82, 2.24) is 0 Å². The largest absolute Gasteiger partial charge is 0.427 e. The molecule has 0 saturated heterocycles. The first kappa shape index (κ1) is 16.8. The van der Waals surface area contributed by atoms with Gasteiger partial charge in [0.15, 0.2) is 0 Å². The average molecular weight is 347 g/mol. The maximum absolute atomic E-state index is 10.3. The summed E-state index contributed by atoms with van der Waals surface area (Å²) < 4.78 is 8.42. The molecule has 0 spiro atoms. The van der Waals surface area contributed by atoms with Gasteiger partial charge in [0.2, 0.25) is 0 Å². The van der Waals surface area contributed by atoms with Crippen LogP contribution < -0.4 is 5.46 Å². The van der Waals surface area contributed by atoms with Gasteiger partial charge in [0.25, 0.3) is 0 Å². The highest BCUT2D eigenvalue weighted by atomic mass is 35.5. The van der Waals surface area contributed by atoms with Crippen molar-refractivity contribution in [3.05, 3.63) is 41.4 Å². The van der Waals surface area contributed by atoms with Crippen molar-refractivity contribution in [2.45, 2.75) is 38.9 Å².